The highest BCUT2D eigenvalue weighted by atomic mass is 16.7. The minimum Gasteiger partial charge on any atom is -0.388 e. The summed E-state index contributed by atoms with van der Waals surface area (Å²) in [6.07, 6.45) is -3.47. The van der Waals surface area contributed by atoms with Crippen molar-refractivity contribution in [2.75, 3.05) is 14.2 Å². The van der Waals surface area contributed by atoms with Crippen molar-refractivity contribution in [1.29, 1.82) is 0 Å². The number of aliphatic hydroxyl groups is 2. The van der Waals surface area contributed by atoms with Crippen molar-refractivity contribution in [1.82, 2.24) is 0 Å². The molecule has 0 radical (unpaired) electrons. The van der Waals surface area contributed by atoms with Crippen LogP contribution in [0, 0.1) is 0 Å². The molecule has 5 nitrogen and oxygen atoms in total. The molecule has 0 aromatic rings. The second-order valence-electron chi connectivity index (χ2n) is 3.12. The molecule has 0 aromatic heterocycles. The standard InChI is InChI=1S/C8H16O5/c1-4-5(9)6(11-2)7(12-3)8(10)13-4/h4-10H,1-3H3/t4-,5-,6+,7+,8+/m0/s1. The van der Waals surface area contributed by atoms with Crippen LogP contribution in [0.2, 0.25) is 0 Å². The normalized spacial score (nSPS) is 46.4. The first kappa shape index (κ1) is 10.9. The van der Waals surface area contributed by atoms with E-state index in [0.717, 1.165) is 0 Å². The molecule has 0 bridgehead atoms. The quantitative estimate of drug-likeness (QED) is 0.594. The third-order valence-electron chi connectivity index (χ3n) is 2.32. The Hall–Kier alpha value is -0.200. The summed E-state index contributed by atoms with van der Waals surface area (Å²) in [7, 11) is 2.90. The fourth-order valence-corrected chi connectivity index (χ4v) is 1.53. The summed E-state index contributed by atoms with van der Waals surface area (Å²) in [5, 5.41) is 19.0. The molecule has 1 rings (SSSR count). The Bertz CT molecular complexity index is 163. The van der Waals surface area contributed by atoms with Crippen LogP contribution in [0.3, 0.4) is 0 Å². The van der Waals surface area contributed by atoms with Gasteiger partial charge in [-0.05, 0) is 6.92 Å². The zero-order valence-electron chi connectivity index (χ0n) is 8.01. The summed E-state index contributed by atoms with van der Waals surface area (Å²) in [6.45, 7) is 1.67. The maximum Gasteiger partial charge on any atom is 0.184 e. The number of hydrogen-bond acceptors (Lipinski definition) is 5. The zero-order chi connectivity index (χ0) is 10.0. The molecular weight excluding hydrogens is 176 g/mol. The summed E-state index contributed by atoms with van der Waals surface area (Å²) in [5.74, 6) is 0. The maximum absolute atomic E-state index is 9.62. The highest BCUT2D eigenvalue weighted by molar-refractivity contribution is 4.88. The van der Waals surface area contributed by atoms with Crippen molar-refractivity contribution in [2.24, 2.45) is 0 Å². The van der Waals surface area contributed by atoms with E-state index in [-0.39, 0.29) is 0 Å². The van der Waals surface area contributed by atoms with Crippen LogP contribution in [0.1, 0.15) is 6.92 Å². The first-order valence-corrected chi connectivity index (χ1v) is 4.19. The Labute approximate surface area is 77.2 Å². The lowest BCUT2D eigenvalue weighted by Crippen LogP contribution is -2.57. The number of rotatable bonds is 2. The first-order chi connectivity index (χ1) is 6.11. The van der Waals surface area contributed by atoms with Gasteiger partial charge in [0.25, 0.3) is 0 Å². The van der Waals surface area contributed by atoms with E-state index < -0.39 is 30.7 Å². The molecule has 13 heavy (non-hydrogen) atoms. The number of methoxy groups -OCH3 is 2. The summed E-state index contributed by atoms with van der Waals surface area (Å²) in [5.41, 5.74) is 0. The van der Waals surface area contributed by atoms with Crippen LogP contribution >= 0.6 is 0 Å². The van der Waals surface area contributed by atoms with Gasteiger partial charge >= 0.3 is 0 Å². The smallest absolute Gasteiger partial charge is 0.184 e. The van der Waals surface area contributed by atoms with Gasteiger partial charge in [0.05, 0.1) is 6.10 Å². The lowest BCUT2D eigenvalue weighted by Gasteiger charge is -2.40. The fourth-order valence-electron chi connectivity index (χ4n) is 1.53. The molecule has 1 saturated heterocycles. The van der Waals surface area contributed by atoms with Gasteiger partial charge in [-0.1, -0.05) is 0 Å². The van der Waals surface area contributed by atoms with Gasteiger partial charge in [0.2, 0.25) is 0 Å². The molecule has 1 aliphatic heterocycles. The van der Waals surface area contributed by atoms with E-state index in [1.54, 1.807) is 6.92 Å². The Kier molecular flexibility index (Phi) is 3.63. The van der Waals surface area contributed by atoms with Crippen LogP contribution in [0.15, 0.2) is 0 Å². The number of aliphatic hydroxyl groups excluding tert-OH is 2. The monoisotopic (exact) mass is 192 g/mol. The van der Waals surface area contributed by atoms with Gasteiger partial charge in [-0.2, -0.15) is 0 Å². The SMILES string of the molecule is CO[C@@H]1[C@@H](O)[C@H](C)O[C@@H](O)[C@@H]1OC. The van der Waals surface area contributed by atoms with Crippen molar-refractivity contribution < 1.29 is 24.4 Å². The molecule has 1 heterocycles. The Balaban J connectivity index is 2.71. The molecule has 0 saturated carbocycles. The van der Waals surface area contributed by atoms with Gasteiger partial charge in [-0.25, -0.2) is 0 Å². The maximum atomic E-state index is 9.62. The lowest BCUT2D eigenvalue weighted by atomic mass is 10.00. The molecule has 5 atom stereocenters. The van der Waals surface area contributed by atoms with E-state index in [0.29, 0.717) is 0 Å². The summed E-state index contributed by atoms with van der Waals surface area (Å²) < 4.78 is 15.0. The second kappa shape index (κ2) is 4.34. The number of hydrogen-bond donors (Lipinski definition) is 2. The van der Waals surface area contributed by atoms with Crippen LogP contribution in [-0.4, -0.2) is 55.1 Å². The summed E-state index contributed by atoms with van der Waals surface area (Å²) in [4.78, 5) is 0. The predicted molar refractivity (Wildman–Crippen MR) is 44.2 cm³/mol. The molecule has 78 valence electrons. The molecule has 5 heteroatoms. The predicted octanol–water partition coefficient (Wildman–Crippen LogP) is -0.886. The minimum absolute atomic E-state index is 0.452. The van der Waals surface area contributed by atoms with Gasteiger partial charge in [0.15, 0.2) is 6.29 Å². The summed E-state index contributed by atoms with van der Waals surface area (Å²) in [6, 6.07) is 0. The zero-order valence-corrected chi connectivity index (χ0v) is 8.01. The Morgan fingerprint density at radius 1 is 1.08 bits per heavy atom. The minimum atomic E-state index is -1.05. The molecule has 0 amide bonds. The summed E-state index contributed by atoms with van der Waals surface area (Å²) >= 11 is 0. The van der Waals surface area contributed by atoms with Crippen molar-refractivity contribution in [3.63, 3.8) is 0 Å². The van der Waals surface area contributed by atoms with Crippen molar-refractivity contribution in [3.8, 4) is 0 Å². The van der Waals surface area contributed by atoms with Gasteiger partial charge < -0.3 is 24.4 Å². The van der Waals surface area contributed by atoms with E-state index in [1.807, 2.05) is 0 Å². The molecule has 0 aliphatic carbocycles. The average molecular weight is 192 g/mol. The van der Waals surface area contributed by atoms with Crippen LogP contribution in [0.5, 0.6) is 0 Å². The van der Waals surface area contributed by atoms with E-state index in [9.17, 15) is 10.2 Å². The highest BCUT2D eigenvalue weighted by Gasteiger charge is 2.43. The van der Waals surface area contributed by atoms with Crippen LogP contribution in [-0.2, 0) is 14.2 Å². The molecule has 2 N–H and O–H groups in total. The van der Waals surface area contributed by atoms with Crippen molar-refractivity contribution >= 4 is 0 Å². The topological polar surface area (TPSA) is 68.2 Å². The van der Waals surface area contributed by atoms with E-state index >= 15 is 0 Å². The largest absolute Gasteiger partial charge is 0.388 e. The van der Waals surface area contributed by atoms with E-state index in [1.165, 1.54) is 14.2 Å². The van der Waals surface area contributed by atoms with Crippen LogP contribution < -0.4 is 0 Å². The molecular formula is C8H16O5. The third-order valence-corrected chi connectivity index (χ3v) is 2.32. The first-order valence-electron chi connectivity index (χ1n) is 4.19. The molecule has 0 unspecified atom stereocenters. The lowest BCUT2D eigenvalue weighted by molar-refractivity contribution is -0.287. The molecule has 1 aliphatic rings. The van der Waals surface area contributed by atoms with Crippen LogP contribution in [0.4, 0.5) is 0 Å². The Morgan fingerprint density at radius 2 is 1.62 bits per heavy atom. The van der Waals surface area contributed by atoms with Crippen molar-refractivity contribution in [2.45, 2.75) is 37.6 Å². The van der Waals surface area contributed by atoms with E-state index in [4.69, 9.17) is 14.2 Å². The third kappa shape index (κ3) is 2.00. The van der Waals surface area contributed by atoms with Crippen LogP contribution in [0.25, 0.3) is 0 Å². The van der Waals surface area contributed by atoms with Crippen molar-refractivity contribution in [3.05, 3.63) is 0 Å². The highest BCUT2D eigenvalue weighted by Crippen LogP contribution is 2.23. The van der Waals surface area contributed by atoms with Gasteiger partial charge in [-0.3, -0.25) is 0 Å². The average Bonchev–Trinajstić information content (AvgIpc) is 2.10. The molecule has 0 spiro atoms. The van der Waals surface area contributed by atoms with Gasteiger partial charge in [-0.15, -0.1) is 0 Å². The molecule has 1 fully saturated rings. The van der Waals surface area contributed by atoms with Gasteiger partial charge in [0, 0.05) is 14.2 Å². The van der Waals surface area contributed by atoms with E-state index in [2.05, 4.69) is 0 Å². The molecule has 0 aromatic carbocycles. The number of ether oxygens (including phenoxy) is 3. The van der Waals surface area contributed by atoms with Gasteiger partial charge in [0.1, 0.15) is 18.3 Å². The fraction of sp³-hybridized carbons (Fsp3) is 1.00. The second-order valence-corrected chi connectivity index (χ2v) is 3.12. The Morgan fingerprint density at radius 3 is 2.08 bits per heavy atom.